The molecule has 2 atom stereocenters. The summed E-state index contributed by atoms with van der Waals surface area (Å²) in [5.74, 6) is 0.384. The van der Waals surface area contributed by atoms with Gasteiger partial charge in [-0.15, -0.1) is 0 Å². The summed E-state index contributed by atoms with van der Waals surface area (Å²) in [5.41, 5.74) is 1.31. The predicted octanol–water partition coefficient (Wildman–Crippen LogP) is 4.65. The van der Waals surface area contributed by atoms with Gasteiger partial charge in [0.25, 0.3) is 0 Å². The molecule has 1 N–H and O–H groups in total. The Morgan fingerprint density at radius 2 is 2.00 bits per heavy atom. The minimum Gasteiger partial charge on any atom is -0.314 e. The zero-order valence-corrected chi connectivity index (χ0v) is 12.1. The molecule has 0 aliphatic heterocycles. The first kappa shape index (κ1) is 15.4. The molecule has 2 rings (SSSR count). The molecule has 1 aromatic rings. The van der Waals surface area contributed by atoms with Gasteiger partial charge in [-0.25, -0.2) is 0 Å². The normalized spacial score (nSPS) is 23.9. The number of halogens is 3. The van der Waals surface area contributed by atoms with Crippen molar-refractivity contribution < 1.29 is 13.2 Å². The molecule has 1 aliphatic carbocycles. The van der Waals surface area contributed by atoms with Gasteiger partial charge < -0.3 is 5.32 Å². The van der Waals surface area contributed by atoms with E-state index in [0.717, 1.165) is 36.9 Å². The summed E-state index contributed by atoms with van der Waals surface area (Å²) in [6.07, 6.45) is 0.170. The highest BCUT2D eigenvalue weighted by Crippen LogP contribution is 2.37. The first-order valence-electron chi connectivity index (χ1n) is 7.33. The molecule has 0 bridgehead atoms. The molecule has 1 fully saturated rings. The number of hydrogen-bond donors (Lipinski definition) is 1. The van der Waals surface area contributed by atoms with Crippen LogP contribution in [-0.2, 0) is 6.18 Å². The van der Waals surface area contributed by atoms with Crippen LogP contribution < -0.4 is 5.32 Å². The molecule has 0 amide bonds. The zero-order valence-electron chi connectivity index (χ0n) is 12.1. The third-order valence-corrected chi connectivity index (χ3v) is 4.20. The van der Waals surface area contributed by atoms with Gasteiger partial charge in [0.1, 0.15) is 0 Å². The first-order chi connectivity index (χ1) is 9.41. The molecule has 20 heavy (non-hydrogen) atoms. The molecule has 0 spiro atoms. The van der Waals surface area contributed by atoms with Crippen LogP contribution in [0.15, 0.2) is 18.2 Å². The van der Waals surface area contributed by atoms with Crippen LogP contribution in [0, 0.1) is 6.92 Å². The molecule has 1 nitrogen and oxygen atoms in total. The van der Waals surface area contributed by atoms with Crippen molar-refractivity contribution in [1.82, 2.24) is 5.32 Å². The maximum atomic E-state index is 12.7. The quantitative estimate of drug-likeness (QED) is 0.852. The minimum atomic E-state index is -4.25. The maximum Gasteiger partial charge on any atom is 0.416 e. The summed E-state index contributed by atoms with van der Waals surface area (Å²) in [6, 6.07) is 4.68. The lowest BCUT2D eigenvalue weighted by atomic mass is 9.79. The first-order valence-corrected chi connectivity index (χ1v) is 7.33. The van der Waals surface area contributed by atoms with Crippen LogP contribution in [-0.4, -0.2) is 12.6 Å². The summed E-state index contributed by atoms with van der Waals surface area (Å²) in [7, 11) is 0. The Kier molecular flexibility index (Phi) is 4.74. The average Bonchev–Trinajstić information content (AvgIpc) is 2.38. The van der Waals surface area contributed by atoms with Crippen molar-refractivity contribution in [2.45, 2.75) is 57.7 Å². The molecular weight excluding hydrogens is 263 g/mol. The Morgan fingerprint density at radius 3 is 2.60 bits per heavy atom. The highest BCUT2D eigenvalue weighted by atomic mass is 19.4. The molecule has 2 unspecified atom stereocenters. The number of hydrogen-bond acceptors (Lipinski definition) is 1. The third-order valence-electron chi connectivity index (χ3n) is 4.20. The highest BCUT2D eigenvalue weighted by Gasteiger charge is 2.31. The van der Waals surface area contributed by atoms with Crippen molar-refractivity contribution in [2.24, 2.45) is 0 Å². The fourth-order valence-electron chi connectivity index (χ4n) is 3.26. The third kappa shape index (κ3) is 3.54. The highest BCUT2D eigenvalue weighted by molar-refractivity contribution is 5.35. The van der Waals surface area contributed by atoms with E-state index >= 15 is 0 Å². The second-order valence-electron chi connectivity index (χ2n) is 5.69. The van der Waals surface area contributed by atoms with Crippen LogP contribution in [0.3, 0.4) is 0 Å². The molecule has 1 saturated carbocycles. The van der Waals surface area contributed by atoms with Gasteiger partial charge in [0.15, 0.2) is 0 Å². The van der Waals surface area contributed by atoms with E-state index in [4.69, 9.17) is 0 Å². The van der Waals surface area contributed by atoms with E-state index in [1.165, 1.54) is 18.6 Å². The van der Waals surface area contributed by atoms with Crippen LogP contribution in [0.25, 0.3) is 0 Å². The van der Waals surface area contributed by atoms with E-state index in [1.54, 1.807) is 13.0 Å². The smallest absolute Gasteiger partial charge is 0.314 e. The predicted molar refractivity (Wildman–Crippen MR) is 74.9 cm³/mol. The summed E-state index contributed by atoms with van der Waals surface area (Å²) in [4.78, 5) is 0. The fraction of sp³-hybridized carbons (Fsp3) is 0.625. The Bertz CT molecular complexity index is 452. The van der Waals surface area contributed by atoms with Crippen molar-refractivity contribution in [3.8, 4) is 0 Å². The van der Waals surface area contributed by atoms with E-state index in [1.807, 2.05) is 0 Å². The molecule has 0 heterocycles. The molecule has 112 valence electrons. The molecule has 4 heteroatoms. The van der Waals surface area contributed by atoms with Crippen molar-refractivity contribution >= 4 is 0 Å². The monoisotopic (exact) mass is 285 g/mol. The lowest BCUT2D eigenvalue weighted by Gasteiger charge is -2.31. The van der Waals surface area contributed by atoms with Gasteiger partial charge in [0, 0.05) is 6.04 Å². The standard InChI is InChI=1S/C16H22F3N/c1-3-20-14-6-4-5-12(10-14)15-8-7-13(9-11(15)2)16(17,18)19/h7-9,12,14,20H,3-6,10H2,1-2H3. The second kappa shape index (κ2) is 6.17. The Balaban J connectivity index is 2.16. The summed E-state index contributed by atoms with van der Waals surface area (Å²) < 4.78 is 38.1. The van der Waals surface area contributed by atoms with E-state index in [2.05, 4.69) is 12.2 Å². The van der Waals surface area contributed by atoms with Gasteiger partial charge >= 0.3 is 6.18 Å². The Hall–Kier alpha value is -1.03. The Morgan fingerprint density at radius 1 is 1.25 bits per heavy atom. The van der Waals surface area contributed by atoms with Crippen molar-refractivity contribution in [3.63, 3.8) is 0 Å². The van der Waals surface area contributed by atoms with Gasteiger partial charge in [0.2, 0.25) is 0 Å². The molecule has 1 aromatic carbocycles. The summed E-state index contributed by atoms with van der Waals surface area (Å²) in [6.45, 7) is 4.83. The van der Waals surface area contributed by atoms with E-state index in [0.29, 0.717) is 12.0 Å². The fourth-order valence-corrected chi connectivity index (χ4v) is 3.26. The molecule has 0 aromatic heterocycles. The largest absolute Gasteiger partial charge is 0.416 e. The van der Waals surface area contributed by atoms with Gasteiger partial charge in [-0.3, -0.25) is 0 Å². The van der Waals surface area contributed by atoms with E-state index in [-0.39, 0.29) is 0 Å². The van der Waals surface area contributed by atoms with Crippen LogP contribution in [0.5, 0.6) is 0 Å². The lowest BCUT2D eigenvalue weighted by molar-refractivity contribution is -0.137. The van der Waals surface area contributed by atoms with Gasteiger partial charge in [-0.2, -0.15) is 13.2 Å². The van der Waals surface area contributed by atoms with Crippen molar-refractivity contribution in [2.75, 3.05) is 6.54 Å². The number of nitrogens with one attached hydrogen (secondary N) is 1. The topological polar surface area (TPSA) is 12.0 Å². The van der Waals surface area contributed by atoms with E-state index < -0.39 is 11.7 Å². The maximum absolute atomic E-state index is 12.7. The molecule has 0 saturated heterocycles. The van der Waals surface area contributed by atoms with Gasteiger partial charge in [-0.05, 0) is 61.9 Å². The number of rotatable bonds is 3. The summed E-state index contributed by atoms with van der Waals surface area (Å²) in [5, 5.41) is 3.46. The number of aryl methyl sites for hydroxylation is 1. The molecule has 1 aliphatic rings. The average molecular weight is 285 g/mol. The Labute approximate surface area is 118 Å². The second-order valence-corrected chi connectivity index (χ2v) is 5.69. The minimum absolute atomic E-state index is 0.384. The molecule has 0 radical (unpaired) electrons. The number of alkyl halides is 3. The SMILES string of the molecule is CCNC1CCCC(c2ccc(C(F)(F)F)cc2C)C1. The van der Waals surface area contributed by atoms with Crippen molar-refractivity contribution in [1.29, 1.82) is 0 Å². The van der Waals surface area contributed by atoms with Crippen LogP contribution in [0.4, 0.5) is 13.2 Å². The van der Waals surface area contributed by atoms with Crippen molar-refractivity contribution in [3.05, 3.63) is 34.9 Å². The summed E-state index contributed by atoms with van der Waals surface area (Å²) >= 11 is 0. The lowest BCUT2D eigenvalue weighted by Crippen LogP contribution is -2.33. The van der Waals surface area contributed by atoms with Crippen LogP contribution >= 0.6 is 0 Å². The van der Waals surface area contributed by atoms with E-state index in [9.17, 15) is 13.2 Å². The van der Waals surface area contributed by atoms with Crippen LogP contribution in [0.2, 0.25) is 0 Å². The van der Waals surface area contributed by atoms with Crippen LogP contribution in [0.1, 0.15) is 55.2 Å². The zero-order chi connectivity index (χ0) is 14.8. The van der Waals surface area contributed by atoms with Gasteiger partial charge in [0.05, 0.1) is 5.56 Å². The van der Waals surface area contributed by atoms with Gasteiger partial charge in [-0.1, -0.05) is 19.4 Å². The molecular formula is C16H22F3N. The number of benzene rings is 1.